The van der Waals surface area contributed by atoms with Crippen molar-refractivity contribution >= 4 is 5.97 Å². The van der Waals surface area contributed by atoms with Gasteiger partial charge in [-0.2, -0.15) is 5.10 Å². The molecule has 0 fully saturated rings. The van der Waals surface area contributed by atoms with Crippen LogP contribution >= 0.6 is 0 Å². The van der Waals surface area contributed by atoms with Gasteiger partial charge in [0.05, 0.1) is 19.2 Å². The van der Waals surface area contributed by atoms with Crippen LogP contribution in [0.15, 0.2) is 30.7 Å². The van der Waals surface area contributed by atoms with Crippen LogP contribution < -0.4 is 4.74 Å². The molecule has 0 spiro atoms. The molecule has 0 amide bonds. The number of carboxylic acids is 1. The zero-order chi connectivity index (χ0) is 13.1. The zero-order valence-electron chi connectivity index (χ0n) is 10.1. The normalized spacial score (nSPS) is 12.1. The molecule has 18 heavy (non-hydrogen) atoms. The number of pyridine rings is 1. The minimum absolute atomic E-state index is 0.582. The van der Waals surface area contributed by atoms with E-state index in [1.165, 1.54) is 10.9 Å². The molecular weight excluding hydrogens is 234 g/mol. The van der Waals surface area contributed by atoms with E-state index in [1.54, 1.807) is 38.6 Å². The maximum Gasteiger partial charge on any atom is 0.310 e. The van der Waals surface area contributed by atoms with E-state index in [4.69, 9.17) is 9.84 Å². The average Bonchev–Trinajstić information content (AvgIpc) is 2.87. The van der Waals surface area contributed by atoms with Crippen LogP contribution in [0.4, 0.5) is 0 Å². The number of aromatic nitrogens is 3. The van der Waals surface area contributed by atoms with E-state index < -0.39 is 11.9 Å². The number of carboxylic acid groups (broad SMARTS) is 1. The minimum Gasteiger partial charge on any atom is -0.497 e. The highest BCUT2D eigenvalue weighted by molar-refractivity contribution is 5.75. The molecule has 0 aliphatic rings. The molecule has 0 bridgehead atoms. The molecule has 1 unspecified atom stereocenters. The average molecular weight is 247 g/mol. The molecule has 94 valence electrons. The summed E-state index contributed by atoms with van der Waals surface area (Å²) in [5, 5.41) is 13.0. The monoisotopic (exact) mass is 247 g/mol. The van der Waals surface area contributed by atoms with Gasteiger partial charge in [-0.05, 0) is 13.0 Å². The van der Waals surface area contributed by atoms with E-state index in [2.05, 4.69) is 10.1 Å². The fourth-order valence-electron chi connectivity index (χ4n) is 1.48. The molecule has 6 nitrogen and oxygen atoms in total. The van der Waals surface area contributed by atoms with Crippen LogP contribution in [0, 0.1) is 0 Å². The predicted molar refractivity (Wildman–Crippen MR) is 64.0 cm³/mol. The SMILES string of the molecule is COc1ccnc(-n2cc(C(C)C(=O)O)cn2)c1. The molecule has 2 aromatic rings. The van der Waals surface area contributed by atoms with Gasteiger partial charge in [-0.1, -0.05) is 0 Å². The first-order chi connectivity index (χ1) is 8.61. The van der Waals surface area contributed by atoms with Crippen molar-refractivity contribution in [2.75, 3.05) is 7.11 Å². The highest BCUT2D eigenvalue weighted by atomic mass is 16.5. The van der Waals surface area contributed by atoms with E-state index in [1.807, 2.05) is 0 Å². The molecule has 0 radical (unpaired) electrons. The third kappa shape index (κ3) is 2.32. The summed E-state index contributed by atoms with van der Waals surface area (Å²) in [6, 6.07) is 3.45. The van der Waals surface area contributed by atoms with Crippen molar-refractivity contribution in [1.29, 1.82) is 0 Å². The second kappa shape index (κ2) is 4.87. The Morgan fingerprint density at radius 3 is 3.00 bits per heavy atom. The van der Waals surface area contributed by atoms with Gasteiger partial charge in [0.15, 0.2) is 5.82 Å². The molecule has 2 aromatic heterocycles. The molecule has 0 saturated heterocycles. The van der Waals surface area contributed by atoms with Gasteiger partial charge < -0.3 is 9.84 Å². The highest BCUT2D eigenvalue weighted by Crippen LogP contribution is 2.17. The molecule has 0 aliphatic heterocycles. The van der Waals surface area contributed by atoms with Crippen LogP contribution in [-0.4, -0.2) is 33.0 Å². The van der Waals surface area contributed by atoms with Crippen molar-refractivity contribution in [3.8, 4) is 11.6 Å². The standard InChI is InChI=1S/C12H13N3O3/c1-8(12(16)17)9-6-14-15(7-9)11-5-10(18-2)3-4-13-11/h3-8H,1-2H3,(H,16,17). The molecule has 0 aliphatic carbocycles. The maximum absolute atomic E-state index is 10.9. The van der Waals surface area contributed by atoms with Gasteiger partial charge in [0, 0.05) is 24.0 Å². The molecular formula is C12H13N3O3. The van der Waals surface area contributed by atoms with Crippen molar-refractivity contribution in [3.05, 3.63) is 36.3 Å². The van der Waals surface area contributed by atoms with Crippen molar-refractivity contribution in [1.82, 2.24) is 14.8 Å². The summed E-state index contributed by atoms with van der Waals surface area (Å²) in [7, 11) is 1.57. The number of nitrogens with zero attached hydrogens (tertiary/aromatic N) is 3. The summed E-state index contributed by atoms with van der Waals surface area (Å²) in [4.78, 5) is 15.0. The number of methoxy groups -OCH3 is 1. The Kier molecular flexibility index (Phi) is 3.27. The molecule has 2 heterocycles. The number of carbonyl (C=O) groups is 1. The lowest BCUT2D eigenvalue weighted by molar-refractivity contribution is -0.138. The second-order valence-electron chi connectivity index (χ2n) is 3.83. The summed E-state index contributed by atoms with van der Waals surface area (Å²) in [5.74, 6) is -0.223. The summed E-state index contributed by atoms with van der Waals surface area (Å²) in [6.45, 7) is 1.61. The Morgan fingerprint density at radius 1 is 1.56 bits per heavy atom. The van der Waals surface area contributed by atoms with Gasteiger partial charge in [0.1, 0.15) is 5.75 Å². The lowest BCUT2D eigenvalue weighted by Crippen LogP contribution is -2.06. The largest absolute Gasteiger partial charge is 0.497 e. The molecule has 1 atom stereocenters. The first-order valence-electron chi connectivity index (χ1n) is 5.39. The van der Waals surface area contributed by atoms with E-state index in [0.29, 0.717) is 17.1 Å². The number of ether oxygens (including phenoxy) is 1. The Balaban J connectivity index is 2.31. The fraction of sp³-hybridized carbons (Fsp3) is 0.250. The maximum atomic E-state index is 10.9. The Bertz CT molecular complexity index is 565. The topological polar surface area (TPSA) is 77.2 Å². The summed E-state index contributed by atoms with van der Waals surface area (Å²) < 4.78 is 6.62. The van der Waals surface area contributed by atoms with Crippen molar-refractivity contribution < 1.29 is 14.6 Å². The van der Waals surface area contributed by atoms with Gasteiger partial charge in [0.2, 0.25) is 0 Å². The van der Waals surface area contributed by atoms with Crippen molar-refractivity contribution in [3.63, 3.8) is 0 Å². The highest BCUT2D eigenvalue weighted by Gasteiger charge is 2.16. The van der Waals surface area contributed by atoms with Crippen LogP contribution in [0.2, 0.25) is 0 Å². The molecule has 0 aromatic carbocycles. The van der Waals surface area contributed by atoms with E-state index in [9.17, 15) is 4.79 Å². The first kappa shape index (κ1) is 12.1. The van der Waals surface area contributed by atoms with Crippen molar-refractivity contribution in [2.24, 2.45) is 0 Å². The van der Waals surface area contributed by atoms with Crippen LogP contribution in [0.25, 0.3) is 5.82 Å². The van der Waals surface area contributed by atoms with Crippen LogP contribution in [0.1, 0.15) is 18.4 Å². The smallest absolute Gasteiger partial charge is 0.310 e. The number of rotatable bonds is 4. The lowest BCUT2D eigenvalue weighted by Gasteiger charge is -2.03. The van der Waals surface area contributed by atoms with Gasteiger partial charge >= 0.3 is 5.97 Å². The quantitative estimate of drug-likeness (QED) is 0.885. The van der Waals surface area contributed by atoms with Crippen LogP contribution in [-0.2, 0) is 4.79 Å². The first-order valence-corrected chi connectivity index (χ1v) is 5.39. The predicted octanol–water partition coefficient (Wildman–Crippen LogP) is 1.46. The van der Waals surface area contributed by atoms with Gasteiger partial charge in [-0.3, -0.25) is 4.79 Å². The molecule has 1 N–H and O–H groups in total. The number of hydrogen-bond acceptors (Lipinski definition) is 4. The zero-order valence-corrected chi connectivity index (χ0v) is 10.1. The Labute approximate surface area is 104 Å². The molecule has 0 saturated carbocycles. The Morgan fingerprint density at radius 2 is 2.33 bits per heavy atom. The summed E-state index contributed by atoms with van der Waals surface area (Å²) in [6.07, 6.45) is 4.79. The van der Waals surface area contributed by atoms with Gasteiger partial charge in [-0.15, -0.1) is 0 Å². The van der Waals surface area contributed by atoms with Crippen LogP contribution in [0.3, 0.4) is 0 Å². The van der Waals surface area contributed by atoms with Gasteiger partial charge in [-0.25, -0.2) is 9.67 Å². The molecule has 6 heteroatoms. The number of hydrogen-bond donors (Lipinski definition) is 1. The van der Waals surface area contributed by atoms with Crippen molar-refractivity contribution in [2.45, 2.75) is 12.8 Å². The third-order valence-electron chi connectivity index (χ3n) is 2.66. The molecule has 2 rings (SSSR count). The van der Waals surface area contributed by atoms with E-state index in [0.717, 1.165) is 0 Å². The van der Waals surface area contributed by atoms with E-state index >= 15 is 0 Å². The summed E-state index contributed by atoms with van der Waals surface area (Å²) in [5.41, 5.74) is 0.632. The Hall–Kier alpha value is -2.37. The second-order valence-corrected chi connectivity index (χ2v) is 3.83. The third-order valence-corrected chi connectivity index (χ3v) is 2.66. The summed E-state index contributed by atoms with van der Waals surface area (Å²) >= 11 is 0. The van der Waals surface area contributed by atoms with E-state index in [-0.39, 0.29) is 0 Å². The number of aliphatic carboxylic acids is 1. The minimum atomic E-state index is -0.881. The van der Waals surface area contributed by atoms with Gasteiger partial charge in [0.25, 0.3) is 0 Å². The van der Waals surface area contributed by atoms with Crippen LogP contribution in [0.5, 0.6) is 5.75 Å². The fourth-order valence-corrected chi connectivity index (χ4v) is 1.48. The lowest BCUT2D eigenvalue weighted by atomic mass is 10.1.